The van der Waals surface area contributed by atoms with Crippen molar-refractivity contribution in [1.82, 2.24) is 15.1 Å². The molecule has 0 bridgehead atoms. The van der Waals surface area contributed by atoms with Gasteiger partial charge in [0.2, 0.25) is 12.7 Å². The molecule has 9 heteroatoms. The summed E-state index contributed by atoms with van der Waals surface area (Å²) in [5, 5.41) is 2.92. The van der Waals surface area contributed by atoms with E-state index in [-0.39, 0.29) is 31.1 Å². The maximum atomic E-state index is 13.4. The van der Waals surface area contributed by atoms with Crippen LogP contribution in [0.1, 0.15) is 31.2 Å². The van der Waals surface area contributed by atoms with E-state index in [0.29, 0.717) is 49.7 Å². The Balaban J connectivity index is 1.17. The van der Waals surface area contributed by atoms with Gasteiger partial charge in [-0.2, -0.15) is 0 Å². The van der Waals surface area contributed by atoms with Crippen LogP contribution < -0.4 is 19.5 Å². The number of amides is 3. The number of carbonyl (C=O) groups is 3. The molecule has 184 valence electrons. The number of likely N-dealkylation sites (tertiary alicyclic amines) is 2. The number of hydrogen-bond acceptors (Lipinski definition) is 6. The van der Waals surface area contributed by atoms with Gasteiger partial charge in [0.05, 0.1) is 6.04 Å². The lowest BCUT2D eigenvalue weighted by Gasteiger charge is -2.31. The molecule has 2 fully saturated rings. The van der Waals surface area contributed by atoms with Gasteiger partial charge in [0.15, 0.2) is 17.3 Å². The summed E-state index contributed by atoms with van der Waals surface area (Å²) in [6.45, 7) is 1.46. The van der Waals surface area contributed by atoms with Crippen LogP contribution >= 0.6 is 0 Å². The van der Waals surface area contributed by atoms with E-state index in [1.165, 1.54) is 0 Å². The molecule has 35 heavy (non-hydrogen) atoms. The molecule has 2 aromatic rings. The summed E-state index contributed by atoms with van der Waals surface area (Å²) >= 11 is 0. The number of nitrogens with one attached hydrogen (secondary N) is 1. The fourth-order valence-corrected chi connectivity index (χ4v) is 4.92. The van der Waals surface area contributed by atoms with Crippen LogP contribution in [0.4, 0.5) is 4.79 Å². The Hall–Kier alpha value is -3.75. The van der Waals surface area contributed by atoms with Crippen molar-refractivity contribution in [3.8, 4) is 17.2 Å². The van der Waals surface area contributed by atoms with Crippen LogP contribution in [0.3, 0.4) is 0 Å². The minimum absolute atomic E-state index is 0.139. The predicted molar refractivity (Wildman–Crippen MR) is 126 cm³/mol. The van der Waals surface area contributed by atoms with Gasteiger partial charge in [0.25, 0.3) is 0 Å². The molecular formula is C26H29N3O6. The second-order valence-electron chi connectivity index (χ2n) is 8.96. The van der Waals surface area contributed by atoms with Gasteiger partial charge in [-0.25, -0.2) is 4.79 Å². The summed E-state index contributed by atoms with van der Waals surface area (Å²) in [6, 6.07) is 13.5. The van der Waals surface area contributed by atoms with E-state index < -0.39 is 12.1 Å². The number of ether oxygens (including phenoxy) is 3. The number of urea groups is 1. The summed E-state index contributed by atoms with van der Waals surface area (Å²) < 4.78 is 16.3. The van der Waals surface area contributed by atoms with E-state index in [1.54, 1.807) is 28.0 Å². The second-order valence-corrected chi connectivity index (χ2v) is 8.96. The highest BCUT2D eigenvalue weighted by Crippen LogP contribution is 2.35. The number of ketones is 1. The monoisotopic (exact) mass is 479 g/mol. The first-order valence-corrected chi connectivity index (χ1v) is 12.0. The highest BCUT2D eigenvalue weighted by atomic mass is 16.7. The Morgan fingerprint density at radius 2 is 1.66 bits per heavy atom. The smallest absolute Gasteiger partial charge is 0.318 e. The third-order valence-corrected chi connectivity index (χ3v) is 6.72. The molecule has 3 amide bonds. The minimum atomic E-state index is -0.547. The van der Waals surface area contributed by atoms with Gasteiger partial charge in [-0.1, -0.05) is 30.3 Å². The van der Waals surface area contributed by atoms with E-state index >= 15 is 0 Å². The Bertz CT molecular complexity index is 1090. The first-order valence-electron chi connectivity index (χ1n) is 12.0. The standard InChI is InChI=1S/C26H29N3O6/c30-22(16-33-19-10-11-23-24(14-19)35-17-34-23)20-8-4-12-28(20)25(31)21-9-5-13-29(21)26(32)27-15-18-6-2-1-3-7-18/h1-3,6-7,10-11,14,20-21H,4-5,8-9,12-13,15-17H2,(H,27,32)/t20-,21-/m0/s1. The first-order chi connectivity index (χ1) is 17.1. The quantitative estimate of drug-likeness (QED) is 0.656. The molecule has 3 heterocycles. The minimum Gasteiger partial charge on any atom is -0.486 e. The zero-order valence-corrected chi connectivity index (χ0v) is 19.5. The third-order valence-electron chi connectivity index (χ3n) is 6.72. The molecule has 3 aliphatic rings. The Morgan fingerprint density at radius 1 is 0.914 bits per heavy atom. The fraction of sp³-hybridized carbons (Fsp3) is 0.423. The van der Waals surface area contributed by atoms with Crippen molar-refractivity contribution in [2.45, 2.75) is 44.3 Å². The second kappa shape index (κ2) is 10.2. The Morgan fingerprint density at radius 3 is 2.49 bits per heavy atom. The van der Waals surface area contributed by atoms with Gasteiger partial charge in [0.1, 0.15) is 18.4 Å². The molecule has 1 N–H and O–H groups in total. The van der Waals surface area contributed by atoms with Crippen LogP contribution in [0.2, 0.25) is 0 Å². The third kappa shape index (κ3) is 5.03. The lowest BCUT2D eigenvalue weighted by atomic mass is 10.1. The molecule has 0 saturated carbocycles. The van der Waals surface area contributed by atoms with Crippen LogP contribution in [0.5, 0.6) is 17.2 Å². The van der Waals surface area contributed by atoms with Crippen LogP contribution in [0.15, 0.2) is 48.5 Å². The lowest BCUT2D eigenvalue weighted by Crippen LogP contribution is -2.53. The summed E-state index contributed by atoms with van der Waals surface area (Å²) in [7, 11) is 0. The van der Waals surface area contributed by atoms with Crippen molar-refractivity contribution in [2.75, 3.05) is 26.5 Å². The van der Waals surface area contributed by atoms with Crippen molar-refractivity contribution in [3.05, 3.63) is 54.1 Å². The van der Waals surface area contributed by atoms with E-state index in [1.807, 2.05) is 30.3 Å². The maximum Gasteiger partial charge on any atom is 0.318 e. The molecule has 2 aromatic carbocycles. The summed E-state index contributed by atoms with van der Waals surface area (Å²) in [4.78, 5) is 42.5. The molecule has 0 aromatic heterocycles. The molecule has 0 aliphatic carbocycles. The van der Waals surface area contributed by atoms with Crippen molar-refractivity contribution in [1.29, 1.82) is 0 Å². The van der Waals surface area contributed by atoms with Gasteiger partial charge in [-0.05, 0) is 43.4 Å². The summed E-state index contributed by atoms with van der Waals surface area (Å²) in [5.74, 6) is 1.43. The molecule has 0 unspecified atom stereocenters. The van der Waals surface area contributed by atoms with Gasteiger partial charge in [0, 0.05) is 25.7 Å². The number of carbonyl (C=O) groups excluding carboxylic acids is 3. The number of benzene rings is 2. The van der Waals surface area contributed by atoms with Gasteiger partial charge < -0.3 is 29.3 Å². The zero-order valence-electron chi connectivity index (χ0n) is 19.5. The Labute approximate surface area is 203 Å². The molecular weight excluding hydrogens is 450 g/mol. The van der Waals surface area contributed by atoms with Crippen LogP contribution in [0, 0.1) is 0 Å². The number of Topliss-reactive ketones (excluding diaryl/α,β-unsaturated/α-hetero) is 1. The van der Waals surface area contributed by atoms with E-state index in [2.05, 4.69) is 5.32 Å². The first kappa shape index (κ1) is 23.0. The van der Waals surface area contributed by atoms with E-state index in [4.69, 9.17) is 14.2 Å². The number of fused-ring (bicyclic) bond motifs is 1. The van der Waals surface area contributed by atoms with Gasteiger partial charge >= 0.3 is 6.03 Å². The van der Waals surface area contributed by atoms with Crippen molar-refractivity contribution < 1.29 is 28.6 Å². The normalized spacial score (nSPS) is 20.7. The molecule has 2 saturated heterocycles. The molecule has 0 spiro atoms. The summed E-state index contributed by atoms with van der Waals surface area (Å²) in [5.41, 5.74) is 0.996. The van der Waals surface area contributed by atoms with Crippen LogP contribution in [-0.2, 0) is 16.1 Å². The zero-order chi connectivity index (χ0) is 24.2. The molecule has 5 rings (SSSR count). The van der Waals surface area contributed by atoms with Gasteiger partial charge in [-0.3, -0.25) is 9.59 Å². The average Bonchev–Trinajstić information content (AvgIpc) is 3.66. The van der Waals surface area contributed by atoms with E-state index in [9.17, 15) is 14.4 Å². The largest absolute Gasteiger partial charge is 0.486 e. The van der Waals surface area contributed by atoms with Crippen LogP contribution in [0.25, 0.3) is 0 Å². The van der Waals surface area contributed by atoms with Crippen molar-refractivity contribution >= 4 is 17.7 Å². The lowest BCUT2D eigenvalue weighted by molar-refractivity contribution is -0.141. The molecule has 9 nitrogen and oxygen atoms in total. The van der Waals surface area contributed by atoms with Crippen molar-refractivity contribution in [2.24, 2.45) is 0 Å². The predicted octanol–water partition coefficient (Wildman–Crippen LogP) is 2.73. The van der Waals surface area contributed by atoms with Crippen LogP contribution in [-0.4, -0.2) is 66.1 Å². The fourth-order valence-electron chi connectivity index (χ4n) is 4.92. The average molecular weight is 480 g/mol. The van der Waals surface area contributed by atoms with Gasteiger partial charge in [-0.15, -0.1) is 0 Å². The molecule has 0 radical (unpaired) electrons. The van der Waals surface area contributed by atoms with E-state index in [0.717, 1.165) is 18.4 Å². The topological polar surface area (TPSA) is 97.4 Å². The molecule has 3 aliphatic heterocycles. The Kier molecular flexibility index (Phi) is 6.74. The molecule has 2 atom stereocenters. The SMILES string of the molecule is O=C(COc1ccc2c(c1)OCO2)[C@@H]1CCCN1C(=O)[C@@H]1CCCN1C(=O)NCc1ccccc1. The number of nitrogens with zero attached hydrogens (tertiary/aromatic N) is 2. The highest BCUT2D eigenvalue weighted by molar-refractivity contribution is 5.94. The summed E-state index contributed by atoms with van der Waals surface area (Å²) in [6.07, 6.45) is 2.71. The highest BCUT2D eigenvalue weighted by Gasteiger charge is 2.42. The number of rotatable bonds is 7. The maximum absolute atomic E-state index is 13.4. The number of hydrogen-bond donors (Lipinski definition) is 1. The van der Waals surface area contributed by atoms with Crippen molar-refractivity contribution in [3.63, 3.8) is 0 Å².